The predicted octanol–water partition coefficient (Wildman–Crippen LogP) is 3.39. The zero-order valence-corrected chi connectivity index (χ0v) is 13.0. The molecular weight excluding hydrogens is 270 g/mol. The fraction of sp³-hybridized carbons (Fsp3) is 0.688. The van der Waals surface area contributed by atoms with Gasteiger partial charge in [0.15, 0.2) is 0 Å². The second kappa shape index (κ2) is 8.60. The molecule has 0 aromatic carbocycles. The minimum Gasteiger partial charge on any atom is -0.465 e. The van der Waals surface area contributed by atoms with Crippen LogP contribution >= 0.6 is 0 Å². The summed E-state index contributed by atoms with van der Waals surface area (Å²) < 4.78 is 5.22. The van der Waals surface area contributed by atoms with Gasteiger partial charge in [-0.3, -0.25) is 4.79 Å². The second-order valence-corrected chi connectivity index (χ2v) is 5.23. The molecule has 0 aliphatic heterocycles. The number of ether oxygens (including phenoxy) is 1. The zero-order valence-electron chi connectivity index (χ0n) is 13.0. The van der Waals surface area contributed by atoms with Crippen LogP contribution in [0, 0.1) is 5.41 Å². The minimum absolute atomic E-state index is 0.269. The zero-order chi connectivity index (χ0) is 15.7. The summed E-state index contributed by atoms with van der Waals surface area (Å²) in [6, 6.07) is 0. The van der Waals surface area contributed by atoms with E-state index in [1.807, 2.05) is 6.92 Å². The summed E-state index contributed by atoms with van der Waals surface area (Å²) in [6.45, 7) is 7.72. The first-order valence-electron chi connectivity index (χ1n) is 7.66. The number of oxime groups is 1. The van der Waals surface area contributed by atoms with Gasteiger partial charge in [-0.2, -0.15) is 0 Å². The Morgan fingerprint density at radius 3 is 2.81 bits per heavy atom. The molecule has 0 saturated heterocycles. The largest absolute Gasteiger partial charge is 0.465 e. The minimum atomic E-state index is -0.753. The number of rotatable bonds is 8. The van der Waals surface area contributed by atoms with Crippen LogP contribution in [0.3, 0.4) is 0 Å². The van der Waals surface area contributed by atoms with Crippen LogP contribution in [0.25, 0.3) is 0 Å². The highest BCUT2D eigenvalue weighted by molar-refractivity contribution is 6.08. The maximum atomic E-state index is 12.4. The van der Waals surface area contributed by atoms with Gasteiger partial charge in [0.1, 0.15) is 5.41 Å². The topological polar surface area (TPSA) is 65.0 Å². The van der Waals surface area contributed by atoms with Crippen LogP contribution in [0.4, 0.5) is 0 Å². The Morgan fingerprint density at radius 2 is 2.19 bits per heavy atom. The van der Waals surface area contributed by atoms with Crippen molar-refractivity contribution in [2.24, 2.45) is 10.6 Å². The van der Waals surface area contributed by atoms with Crippen LogP contribution in [-0.4, -0.2) is 24.3 Å². The van der Waals surface area contributed by atoms with Gasteiger partial charge in [-0.1, -0.05) is 18.2 Å². The van der Waals surface area contributed by atoms with Gasteiger partial charge in [-0.25, -0.2) is 4.79 Å². The maximum absolute atomic E-state index is 12.4. The van der Waals surface area contributed by atoms with E-state index >= 15 is 0 Å². The molecule has 0 radical (unpaired) electrons. The van der Waals surface area contributed by atoms with Crippen LogP contribution in [0.1, 0.15) is 58.8 Å². The molecule has 0 aromatic rings. The van der Waals surface area contributed by atoms with Crippen LogP contribution in [0.5, 0.6) is 0 Å². The van der Waals surface area contributed by atoms with E-state index in [0.717, 1.165) is 6.42 Å². The summed E-state index contributed by atoms with van der Waals surface area (Å²) in [5.74, 6) is -0.631. The molecule has 1 aliphatic carbocycles. The Balaban J connectivity index is 2.92. The van der Waals surface area contributed by atoms with E-state index < -0.39 is 5.41 Å². The van der Waals surface area contributed by atoms with E-state index in [1.54, 1.807) is 13.0 Å². The van der Waals surface area contributed by atoms with Gasteiger partial charge >= 0.3 is 11.9 Å². The lowest BCUT2D eigenvalue weighted by Crippen LogP contribution is -2.37. The maximum Gasteiger partial charge on any atom is 0.334 e. The molecule has 1 saturated carbocycles. The highest BCUT2D eigenvalue weighted by Crippen LogP contribution is 2.41. The van der Waals surface area contributed by atoms with E-state index in [0.29, 0.717) is 50.8 Å². The van der Waals surface area contributed by atoms with E-state index in [4.69, 9.17) is 9.57 Å². The normalized spacial score (nSPS) is 23.0. The Bertz CT molecular complexity index is 417. The van der Waals surface area contributed by atoms with Crippen molar-refractivity contribution in [3.8, 4) is 0 Å². The number of esters is 1. The molecule has 0 spiro atoms. The highest BCUT2D eigenvalue weighted by Gasteiger charge is 2.48. The van der Waals surface area contributed by atoms with Crippen molar-refractivity contribution in [2.75, 3.05) is 6.61 Å². The van der Waals surface area contributed by atoms with Crippen molar-refractivity contribution in [3.05, 3.63) is 12.7 Å². The third-order valence-corrected chi connectivity index (χ3v) is 3.72. The molecular formula is C16H25NO4. The molecule has 118 valence electrons. The Kier molecular flexibility index (Phi) is 7.12. The quantitative estimate of drug-likeness (QED) is 0.298. The van der Waals surface area contributed by atoms with E-state index in [2.05, 4.69) is 11.7 Å². The lowest BCUT2D eigenvalue weighted by molar-refractivity contribution is -0.152. The molecule has 5 heteroatoms. The van der Waals surface area contributed by atoms with Crippen LogP contribution in [-0.2, 0) is 19.2 Å². The van der Waals surface area contributed by atoms with Gasteiger partial charge in [0.05, 0.1) is 12.3 Å². The van der Waals surface area contributed by atoms with Gasteiger partial charge in [0.25, 0.3) is 0 Å². The summed E-state index contributed by atoms with van der Waals surface area (Å²) in [6.07, 6.45) is 6.30. The number of carbonyl (C=O) groups excluding carboxylic acids is 2. The van der Waals surface area contributed by atoms with E-state index in [-0.39, 0.29) is 11.9 Å². The van der Waals surface area contributed by atoms with Crippen molar-refractivity contribution < 1.29 is 19.2 Å². The van der Waals surface area contributed by atoms with E-state index in [9.17, 15) is 9.59 Å². The Hall–Kier alpha value is -1.65. The molecule has 1 rings (SSSR count). The molecule has 0 N–H and O–H groups in total. The first kappa shape index (κ1) is 17.4. The number of carbonyl (C=O) groups is 2. The third kappa shape index (κ3) is 4.41. The molecule has 1 fully saturated rings. The lowest BCUT2D eigenvalue weighted by atomic mass is 9.80. The lowest BCUT2D eigenvalue weighted by Gasteiger charge is -2.26. The summed E-state index contributed by atoms with van der Waals surface area (Å²) in [5.41, 5.74) is -0.122. The summed E-state index contributed by atoms with van der Waals surface area (Å²) in [4.78, 5) is 28.8. The SMILES string of the molecule is C=CCC[C@@]1(C(=O)OCC)CCC/C1=N\OC(=O)CCC. The van der Waals surface area contributed by atoms with Crippen LogP contribution < -0.4 is 0 Å². The molecule has 0 unspecified atom stereocenters. The molecule has 1 atom stereocenters. The first-order valence-corrected chi connectivity index (χ1v) is 7.66. The van der Waals surface area contributed by atoms with Gasteiger partial charge in [0.2, 0.25) is 0 Å². The van der Waals surface area contributed by atoms with Crippen LogP contribution in [0.2, 0.25) is 0 Å². The van der Waals surface area contributed by atoms with Crippen molar-refractivity contribution >= 4 is 17.7 Å². The van der Waals surface area contributed by atoms with Crippen LogP contribution in [0.15, 0.2) is 17.8 Å². The van der Waals surface area contributed by atoms with Gasteiger partial charge in [-0.15, -0.1) is 6.58 Å². The third-order valence-electron chi connectivity index (χ3n) is 3.72. The summed E-state index contributed by atoms with van der Waals surface area (Å²) >= 11 is 0. The van der Waals surface area contributed by atoms with E-state index in [1.165, 1.54) is 0 Å². The van der Waals surface area contributed by atoms with Crippen molar-refractivity contribution in [2.45, 2.75) is 58.8 Å². The molecule has 0 bridgehead atoms. The van der Waals surface area contributed by atoms with Gasteiger partial charge in [0, 0.05) is 6.42 Å². The van der Waals surface area contributed by atoms with Crippen molar-refractivity contribution in [1.82, 2.24) is 0 Å². The second-order valence-electron chi connectivity index (χ2n) is 5.23. The molecule has 0 aromatic heterocycles. The molecule has 1 aliphatic rings. The number of allylic oxidation sites excluding steroid dienone is 1. The summed E-state index contributed by atoms with van der Waals surface area (Å²) in [7, 11) is 0. The molecule has 5 nitrogen and oxygen atoms in total. The molecule has 0 heterocycles. The predicted molar refractivity (Wildman–Crippen MR) is 80.8 cm³/mol. The van der Waals surface area contributed by atoms with Crippen molar-refractivity contribution in [1.29, 1.82) is 0 Å². The Labute approximate surface area is 126 Å². The number of hydrogen-bond acceptors (Lipinski definition) is 5. The van der Waals surface area contributed by atoms with Gasteiger partial charge < -0.3 is 9.57 Å². The molecule has 0 amide bonds. The average Bonchev–Trinajstić information content (AvgIpc) is 2.87. The first-order chi connectivity index (χ1) is 10.1. The fourth-order valence-electron chi connectivity index (χ4n) is 2.64. The highest BCUT2D eigenvalue weighted by atomic mass is 16.7. The summed E-state index contributed by atoms with van der Waals surface area (Å²) in [5, 5.41) is 3.98. The van der Waals surface area contributed by atoms with Crippen molar-refractivity contribution in [3.63, 3.8) is 0 Å². The fourth-order valence-corrected chi connectivity index (χ4v) is 2.64. The average molecular weight is 295 g/mol. The Morgan fingerprint density at radius 1 is 1.43 bits per heavy atom. The number of nitrogens with zero attached hydrogens (tertiary/aromatic N) is 1. The standard InChI is InChI=1S/C16H25NO4/c1-4-7-11-16(15(19)20-6-3)12-8-10-13(16)17-21-14(18)9-5-2/h4H,1,5-12H2,2-3H3/b17-13+/t16-/m1/s1. The molecule has 21 heavy (non-hydrogen) atoms. The number of hydrogen-bond donors (Lipinski definition) is 0. The van der Waals surface area contributed by atoms with Gasteiger partial charge in [-0.05, 0) is 45.4 Å². The smallest absolute Gasteiger partial charge is 0.334 e. The monoisotopic (exact) mass is 295 g/mol.